The highest BCUT2D eigenvalue weighted by atomic mass is 16.3. The second kappa shape index (κ2) is 2.84. The van der Waals surface area contributed by atoms with Gasteiger partial charge in [0.2, 0.25) is 0 Å². The van der Waals surface area contributed by atoms with Crippen LogP contribution in [0.1, 0.15) is 0 Å². The summed E-state index contributed by atoms with van der Waals surface area (Å²) in [7, 11) is 0. The molecule has 0 aromatic carbocycles. The zero-order valence-electron chi connectivity index (χ0n) is 7.54. The Morgan fingerprint density at radius 2 is 2.07 bits per heavy atom. The summed E-state index contributed by atoms with van der Waals surface area (Å²) in [6, 6.07) is 3.30. The molecule has 15 heavy (non-hydrogen) atoms. The molecule has 0 unspecified atom stereocenters. The molecule has 0 amide bonds. The Balaban J connectivity index is 2.63. The molecule has 1 aromatic heterocycles. The number of pyridine rings is 1. The Hall–Kier alpha value is -2.30. The summed E-state index contributed by atoms with van der Waals surface area (Å²) in [5.74, 6) is 0.431. The van der Waals surface area contributed by atoms with Crippen LogP contribution in [0.3, 0.4) is 0 Å². The van der Waals surface area contributed by atoms with E-state index in [4.69, 9.17) is 4.42 Å². The van der Waals surface area contributed by atoms with Crippen molar-refractivity contribution in [2.75, 3.05) is 0 Å². The maximum absolute atomic E-state index is 11.6. The van der Waals surface area contributed by atoms with Crippen LogP contribution in [0.4, 0.5) is 0 Å². The van der Waals surface area contributed by atoms with Gasteiger partial charge in [0.1, 0.15) is 0 Å². The van der Waals surface area contributed by atoms with E-state index in [1.165, 1.54) is 18.7 Å². The minimum Gasteiger partial charge on any atom is -0.462 e. The molecule has 0 atom stereocenters. The van der Waals surface area contributed by atoms with Crippen LogP contribution in [0.2, 0.25) is 0 Å². The van der Waals surface area contributed by atoms with Gasteiger partial charge in [0, 0.05) is 12.4 Å². The van der Waals surface area contributed by atoms with Gasteiger partial charge in [-0.1, -0.05) is 0 Å². The number of fused-ring (bicyclic) bond motifs is 3. The number of hydrogen-bond donors (Lipinski definition) is 0. The number of nitrogens with zero attached hydrogens (tertiary/aromatic N) is 3. The smallest absolute Gasteiger partial charge is 0.282 e. The second-order valence-electron chi connectivity index (χ2n) is 3.00. The van der Waals surface area contributed by atoms with Crippen molar-refractivity contribution < 1.29 is 4.42 Å². The van der Waals surface area contributed by atoms with Crippen molar-refractivity contribution in [3.8, 4) is 11.3 Å². The third kappa shape index (κ3) is 1.10. The molecule has 0 spiro atoms. The Morgan fingerprint density at radius 1 is 1.20 bits per heavy atom. The van der Waals surface area contributed by atoms with Gasteiger partial charge in [-0.25, -0.2) is 9.97 Å². The van der Waals surface area contributed by atoms with Gasteiger partial charge in [0.25, 0.3) is 5.56 Å². The van der Waals surface area contributed by atoms with Crippen LogP contribution in [-0.2, 0) is 0 Å². The Morgan fingerprint density at radius 3 is 3.00 bits per heavy atom. The first-order valence-corrected chi connectivity index (χ1v) is 4.34. The van der Waals surface area contributed by atoms with Crippen LogP contribution >= 0.6 is 0 Å². The van der Waals surface area contributed by atoms with E-state index in [-0.39, 0.29) is 5.56 Å². The molecular formula is C10H5N3O2. The number of hydrogen-bond acceptors (Lipinski definition) is 5. The van der Waals surface area contributed by atoms with Gasteiger partial charge < -0.3 is 4.42 Å². The molecule has 5 heteroatoms. The standard InChI is InChI=1S/C10H5N3O2/c14-10-6-2-1-5-15-8(6)7-9(13-10)12-4-3-11-7/h1-5H. The van der Waals surface area contributed by atoms with E-state index in [1.807, 2.05) is 0 Å². The zero-order chi connectivity index (χ0) is 10.3. The lowest BCUT2D eigenvalue weighted by atomic mass is 10.2. The maximum Gasteiger partial charge on any atom is 0.282 e. The predicted octanol–water partition coefficient (Wildman–Crippen LogP) is 1.08. The average molecular weight is 199 g/mol. The highest BCUT2D eigenvalue weighted by Crippen LogP contribution is 2.22. The topological polar surface area (TPSA) is 68.9 Å². The molecule has 2 aliphatic heterocycles. The van der Waals surface area contributed by atoms with Crippen molar-refractivity contribution >= 4 is 11.2 Å². The lowest BCUT2D eigenvalue weighted by molar-refractivity contribution is 0.567. The van der Waals surface area contributed by atoms with Gasteiger partial charge in [-0.15, -0.1) is 0 Å². The Bertz CT molecular complexity index is 662. The molecule has 3 rings (SSSR count). The van der Waals surface area contributed by atoms with Gasteiger partial charge in [0.05, 0.1) is 11.8 Å². The Kier molecular flexibility index (Phi) is 1.53. The SMILES string of the molecule is O=c1nc2nccnc2c2occcc1-2. The number of rotatable bonds is 0. The lowest BCUT2D eigenvalue weighted by Crippen LogP contribution is -2.11. The molecular weight excluding hydrogens is 194 g/mol. The van der Waals surface area contributed by atoms with Gasteiger partial charge in [-0.2, -0.15) is 4.98 Å². The van der Waals surface area contributed by atoms with Crippen molar-refractivity contribution in [3.05, 3.63) is 41.1 Å². The van der Waals surface area contributed by atoms with E-state index in [2.05, 4.69) is 15.0 Å². The van der Waals surface area contributed by atoms with Gasteiger partial charge in [0.15, 0.2) is 16.9 Å². The highest BCUT2D eigenvalue weighted by Gasteiger charge is 2.15. The highest BCUT2D eigenvalue weighted by molar-refractivity contribution is 5.85. The van der Waals surface area contributed by atoms with Crippen molar-refractivity contribution in [2.24, 2.45) is 0 Å². The summed E-state index contributed by atoms with van der Waals surface area (Å²) >= 11 is 0. The van der Waals surface area contributed by atoms with Crippen LogP contribution < -0.4 is 5.56 Å². The fourth-order valence-corrected chi connectivity index (χ4v) is 1.46. The summed E-state index contributed by atoms with van der Waals surface area (Å²) in [4.78, 5) is 23.4. The molecule has 72 valence electrons. The minimum atomic E-state index is -0.345. The molecule has 0 saturated carbocycles. The molecule has 0 N–H and O–H groups in total. The molecule has 0 aliphatic carbocycles. The van der Waals surface area contributed by atoms with E-state index in [9.17, 15) is 4.79 Å². The monoisotopic (exact) mass is 199 g/mol. The van der Waals surface area contributed by atoms with E-state index in [0.29, 0.717) is 22.5 Å². The van der Waals surface area contributed by atoms with E-state index < -0.39 is 0 Å². The maximum atomic E-state index is 11.6. The fraction of sp³-hybridized carbons (Fsp3) is 0. The van der Waals surface area contributed by atoms with Crippen molar-refractivity contribution in [2.45, 2.75) is 0 Å². The van der Waals surface area contributed by atoms with Crippen molar-refractivity contribution in [1.29, 1.82) is 0 Å². The first-order chi connectivity index (χ1) is 7.36. The Labute approximate surface area is 83.8 Å². The summed E-state index contributed by atoms with van der Waals surface area (Å²) in [5.41, 5.74) is 0.894. The van der Waals surface area contributed by atoms with Crippen molar-refractivity contribution in [3.63, 3.8) is 0 Å². The van der Waals surface area contributed by atoms with Crippen LogP contribution in [0, 0.1) is 0 Å². The quantitative estimate of drug-likeness (QED) is 0.507. The molecule has 0 bridgehead atoms. The summed E-state index contributed by atoms with van der Waals surface area (Å²) in [6.07, 6.45) is 4.52. The third-order valence-electron chi connectivity index (χ3n) is 2.10. The van der Waals surface area contributed by atoms with E-state index in [0.717, 1.165) is 0 Å². The average Bonchev–Trinajstić information content (AvgIpc) is 2.30. The molecule has 3 heterocycles. The minimum absolute atomic E-state index is 0.310. The largest absolute Gasteiger partial charge is 0.462 e. The summed E-state index contributed by atoms with van der Waals surface area (Å²) in [6.45, 7) is 0. The molecule has 5 nitrogen and oxygen atoms in total. The predicted molar refractivity (Wildman–Crippen MR) is 52.5 cm³/mol. The second-order valence-corrected chi connectivity index (χ2v) is 3.00. The van der Waals surface area contributed by atoms with Gasteiger partial charge in [-0.3, -0.25) is 4.79 Å². The van der Waals surface area contributed by atoms with Crippen LogP contribution in [-0.4, -0.2) is 15.0 Å². The third-order valence-corrected chi connectivity index (χ3v) is 2.10. The fourth-order valence-electron chi connectivity index (χ4n) is 1.46. The number of aromatic nitrogens is 3. The van der Waals surface area contributed by atoms with Crippen molar-refractivity contribution in [1.82, 2.24) is 15.0 Å². The molecule has 1 aromatic rings. The zero-order valence-corrected chi connectivity index (χ0v) is 7.54. The van der Waals surface area contributed by atoms with Gasteiger partial charge in [-0.05, 0) is 12.1 Å². The molecule has 0 radical (unpaired) electrons. The van der Waals surface area contributed by atoms with Gasteiger partial charge >= 0.3 is 0 Å². The first-order valence-electron chi connectivity index (χ1n) is 4.34. The summed E-state index contributed by atoms with van der Waals surface area (Å²) < 4.78 is 5.26. The molecule has 0 fully saturated rings. The van der Waals surface area contributed by atoms with Crippen LogP contribution in [0.25, 0.3) is 22.5 Å². The van der Waals surface area contributed by atoms with E-state index >= 15 is 0 Å². The summed E-state index contributed by atoms with van der Waals surface area (Å²) in [5, 5.41) is 0. The first kappa shape index (κ1) is 8.05. The lowest BCUT2D eigenvalue weighted by Gasteiger charge is -2.03. The van der Waals surface area contributed by atoms with Crippen LogP contribution in [0.5, 0.6) is 0 Å². The molecule has 0 saturated heterocycles. The van der Waals surface area contributed by atoms with E-state index in [1.54, 1.807) is 12.1 Å². The normalized spacial score (nSPS) is 10.9. The van der Waals surface area contributed by atoms with Crippen LogP contribution in [0.15, 0.2) is 40.0 Å². The molecule has 2 aliphatic rings.